The summed E-state index contributed by atoms with van der Waals surface area (Å²) in [6.45, 7) is 0.799. The van der Waals surface area contributed by atoms with Gasteiger partial charge in [0.2, 0.25) is 0 Å². The maximum atomic E-state index is 9.86. The molecule has 3 nitrogen and oxygen atoms in total. The van der Waals surface area contributed by atoms with E-state index in [1.54, 1.807) is 0 Å². The summed E-state index contributed by atoms with van der Waals surface area (Å²) >= 11 is 6.79. The van der Waals surface area contributed by atoms with Crippen LogP contribution in [0.15, 0.2) is 15.3 Å². The Morgan fingerprint density at radius 1 is 1.40 bits per heavy atom. The third kappa shape index (κ3) is 2.82. The largest absolute Gasteiger partial charge is 0.393 e. The molecular weight excluding hydrogens is 324 g/mol. The second-order valence-corrected chi connectivity index (χ2v) is 5.71. The highest BCUT2D eigenvalue weighted by Gasteiger charge is 2.24. The van der Waals surface area contributed by atoms with Gasteiger partial charge < -0.3 is 5.11 Å². The zero-order valence-corrected chi connectivity index (χ0v) is 11.5. The molecule has 0 amide bonds. The van der Waals surface area contributed by atoms with Crippen LogP contribution in [0.25, 0.3) is 0 Å². The molecule has 1 aliphatic rings. The standard InChI is InChI=1S/C10H14Br2N2O/c11-9-5-10(12)14(13-9)6-7-3-1-2-4-8(7)15/h5,7-8,15H,1-4,6H2. The normalized spacial score (nSPS) is 26.9. The highest BCUT2D eigenvalue weighted by atomic mass is 79.9. The number of aliphatic hydroxyl groups is 1. The molecule has 2 rings (SSSR count). The van der Waals surface area contributed by atoms with E-state index in [-0.39, 0.29) is 6.10 Å². The van der Waals surface area contributed by atoms with E-state index in [4.69, 9.17) is 0 Å². The van der Waals surface area contributed by atoms with Crippen molar-refractivity contribution in [3.8, 4) is 0 Å². The molecule has 5 heteroatoms. The Bertz CT molecular complexity index is 340. The van der Waals surface area contributed by atoms with Gasteiger partial charge in [-0.1, -0.05) is 12.8 Å². The zero-order valence-electron chi connectivity index (χ0n) is 8.37. The van der Waals surface area contributed by atoms with Crippen LogP contribution in [0, 0.1) is 5.92 Å². The van der Waals surface area contributed by atoms with Gasteiger partial charge >= 0.3 is 0 Å². The monoisotopic (exact) mass is 336 g/mol. The lowest BCUT2D eigenvalue weighted by molar-refractivity contribution is 0.0583. The molecule has 1 fully saturated rings. The smallest absolute Gasteiger partial charge is 0.129 e. The predicted octanol–water partition coefficient (Wildman–Crippen LogP) is 2.96. The highest BCUT2D eigenvalue weighted by molar-refractivity contribution is 9.11. The van der Waals surface area contributed by atoms with E-state index in [0.29, 0.717) is 5.92 Å². The Hall–Kier alpha value is 0.130. The summed E-state index contributed by atoms with van der Waals surface area (Å²) in [6.07, 6.45) is 4.26. The van der Waals surface area contributed by atoms with Crippen LogP contribution in [0.2, 0.25) is 0 Å². The first-order chi connectivity index (χ1) is 7.16. The first kappa shape index (κ1) is 11.6. The lowest BCUT2D eigenvalue weighted by Crippen LogP contribution is -2.28. The lowest BCUT2D eigenvalue weighted by Gasteiger charge is -2.27. The number of nitrogens with zero attached hydrogens (tertiary/aromatic N) is 2. The van der Waals surface area contributed by atoms with E-state index in [1.807, 2.05) is 10.7 Å². The molecular formula is C10H14Br2N2O. The van der Waals surface area contributed by atoms with Gasteiger partial charge in [-0.3, -0.25) is 4.68 Å². The molecule has 1 aliphatic carbocycles. The van der Waals surface area contributed by atoms with Gasteiger partial charge in [-0.25, -0.2) is 0 Å². The number of rotatable bonds is 2. The third-order valence-electron chi connectivity index (χ3n) is 2.98. The molecule has 0 aliphatic heterocycles. The second-order valence-electron chi connectivity index (χ2n) is 4.08. The fourth-order valence-corrected chi connectivity index (χ4v) is 3.27. The van der Waals surface area contributed by atoms with Crippen molar-refractivity contribution >= 4 is 31.9 Å². The van der Waals surface area contributed by atoms with Crippen molar-refractivity contribution in [2.75, 3.05) is 0 Å². The quantitative estimate of drug-likeness (QED) is 0.901. The summed E-state index contributed by atoms with van der Waals surface area (Å²) < 4.78 is 3.70. The molecule has 2 unspecified atom stereocenters. The van der Waals surface area contributed by atoms with Gasteiger partial charge in [0.15, 0.2) is 0 Å². The molecule has 0 saturated heterocycles. The number of hydrogen-bond acceptors (Lipinski definition) is 2. The summed E-state index contributed by atoms with van der Waals surface area (Å²) in [6, 6.07) is 1.93. The molecule has 1 N–H and O–H groups in total. The molecule has 84 valence electrons. The Morgan fingerprint density at radius 2 is 2.13 bits per heavy atom. The van der Waals surface area contributed by atoms with Crippen molar-refractivity contribution in [1.29, 1.82) is 0 Å². The fraction of sp³-hybridized carbons (Fsp3) is 0.700. The molecule has 0 aromatic carbocycles. The maximum Gasteiger partial charge on any atom is 0.129 e. The van der Waals surface area contributed by atoms with Gasteiger partial charge in [0, 0.05) is 18.5 Å². The molecule has 2 atom stereocenters. The number of hydrogen-bond donors (Lipinski definition) is 1. The number of halogens is 2. The SMILES string of the molecule is OC1CCCCC1Cn1nc(Br)cc1Br. The molecule has 1 aromatic heterocycles. The summed E-state index contributed by atoms with van der Waals surface area (Å²) in [7, 11) is 0. The van der Waals surface area contributed by atoms with Gasteiger partial charge in [0.05, 0.1) is 6.10 Å². The molecule has 1 saturated carbocycles. The molecule has 15 heavy (non-hydrogen) atoms. The minimum absolute atomic E-state index is 0.159. The van der Waals surface area contributed by atoms with Crippen LogP contribution < -0.4 is 0 Å². The molecule has 1 aromatic rings. The van der Waals surface area contributed by atoms with Crippen LogP contribution in [0.3, 0.4) is 0 Å². The maximum absolute atomic E-state index is 9.86. The van der Waals surface area contributed by atoms with Crippen LogP contribution >= 0.6 is 31.9 Å². The van der Waals surface area contributed by atoms with Gasteiger partial charge in [0.1, 0.15) is 9.21 Å². The molecule has 0 bridgehead atoms. The highest BCUT2D eigenvalue weighted by Crippen LogP contribution is 2.27. The summed E-state index contributed by atoms with van der Waals surface area (Å²) in [4.78, 5) is 0. The first-order valence-corrected chi connectivity index (χ1v) is 6.82. The average Bonchev–Trinajstić information content (AvgIpc) is 2.49. The van der Waals surface area contributed by atoms with E-state index < -0.39 is 0 Å². The molecule has 0 radical (unpaired) electrons. The van der Waals surface area contributed by atoms with Crippen molar-refractivity contribution in [1.82, 2.24) is 9.78 Å². The van der Waals surface area contributed by atoms with Crippen molar-refractivity contribution < 1.29 is 5.11 Å². The van der Waals surface area contributed by atoms with E-state index in [9.17, 15) is 5.11 Å². The van der Waals surface area contributed by atoms with E-state index in [2.05, 4.69) is 37.0 Å². The van der Waals surface area contributed by atoms with Crippen LogP contribution in [0.1, 0.15) is 25.7 Å². The topological polar surface area (TPSA) is 38.0 Å². The van der Waals surface area contributed by atoms with Crippen molar-refractivity contribution in [2.24, 2.45) is 5.92 Å². The van der Waals surface area contributed by atoms with Crippen molar-refractivity contribution in [2.45, 2.75) is 38.3 Å². The van der Waals surface area contributed by atoms with Gasteiger partial charge in [-0.15, -0.1) is 0 Å². The molecule has 0 spiro atoms. The minimum Gasteiger partial charge on any atom is -0.393 e. The van der Waals surface area contributed by atoms with E-state index >= 15 is 0 Å². The third-order valence-corrected chi connectivity index (χ3v) is 4.00. The second kappa shape index (κ2) is 4.97. The van der Waals surface area contributed by atoms with Crippen LogP contribution in [-0.2, 0) is 6.54 Å². The lowest BCUT2D eigenvalue weighted by atomic mass is 9.86. The van der Waals surface area contributed by atoms with E-state index in [1.165, 1.54) is 6.42 Å². The van der Waals surface area contributed by atoms with Crippen LogP contribution in [0.4, 0.5) is 0 Å². The summed E-state index contributed by atoms with van der Waals surface area (Å²) in [5.41, 5.74) is 0. The fourth-order valence-electron chi connectivity index (χ4n) is 2.12. The summed E-state index contributed by atoms with van der Waals surface area (Å²) in [5, 5.41) is 14.2. The molecule has 1 heterocycles. The van der Waals surface area contributed by atoms with Crippen molar-refractivity contribution in [3.63, 3.8) is 0 Å². The number of aliphatic hydroxyl groups excluding tert-OH is 1. The van der Waals surface area contributed by atoms with E-state index in [0.717, 1.165) is 35.0 Å². The Balaban J connectivity index is 2.04. The minimum atomic E-state index is -0.159. The Morgan fingerprint density at radius 3 is 2.73 bits per heavy atom. The first-order valence-electron chi connectivity index (χ1n) is 5.24. The van der Waals surface area contributed by atoms with Crippen LogP contribution in [-0.4, -0.2) is 21.0 Å². The Kier molecular flexibility index (Phi) is 3.85. The van der Waals surface area contributed by atoms with Gasteiger partial charge in [-0.2, -0.15) is 5.10 Å². The zero-order chi connectivity index (χ0) is 10.8. The van der Waals surface area contributed by atoms with Gasteiger partial charge in [-0.05, 0) is 44.7 Å². The Labute approximate surface area is 106 Å². The van der Waals surface area contributed by atoms with Crippen molar-refractivity contribution in [3.05, 3.63) is 15.3 Å². The van der Waals surface area contributed by atoms with Gasteiger partial charge in [0.25, 0.3) is 0 Å². The predicted molar refractivity (Wildman–Crippen MR) is 65.6 cm³/mol. The average molecular weight is 338 g/mol. The van der Waals surface area contributed by atoms with Crippen LogP contribution in [0.5, 0.6) is 0 Å². The summed E-state index contributed by atoms with van der Waals surface area (Å²) in [5.74, 6) is 0.349. The number of aromatic nitrogens is 2.